The van der Waals surface area contributed by atoms with Crippen molar-refractivity contribution in [3.63, 3.8) is 0 Å². The zero-order chi connectivity index (χ0) is 26.8. The number of hydrogen-bond donors (Lipinski definition) is 1. The van der Waals surface area contributed by atoms with Gasteiger partial charge in [-0.3, -0.25) is 4.79 Å². The molecule has 0 saturated heterocycles. The van der Waals surface area contributed by atoms with Gasteiger partial charge in [-0.1, -0.05) is 48.3 Å². The standard InChI is InChI=1S/C30H27Cl2N3O3/c1-4-12-37-26-11-10-20(14-25(26)32)28-21(17-35(34-28)22-8-6-5-7-9-22)16-33-30(36)29-19(3)23-15-24(31)18(2)13-27(23)38-29/h5-11,13-15,17H,4,12,16H2,1-3H3,(H,33,36). The fraction of sp³-hybridized carbons (Fsp3) is 0.200. The second-order valence-electron chi connectivity index (χ2n) is 9.11. The van der Waals surface area contributed by atoms with Crippen LogP contribution in [0.2, 0.25) is 10.0 Å². The Balaban J connectivity index is 1.46. The summed E-state index contributed by atoms with van der Waals surface area (Å²) >= 11 is 12.8. The van der Waals surface area contributed by atoms with Crippen molar-refractivity contribution >= 4 is 40.1 Å². The molecular formula is C30H27Cl2N3O3. The van der Waals surface area contributed by atoms with E-state index in [1.165, 1.54) is 0 Å². The maximum absolute atomic E-state index is 13.2. The van der Waals surface area contributed by atoms with Crippen LogP contribution in [0.1, 0.15) is 40.6 Å². The van der Waals surface area contributed by atoms with Gasteiger partial charge in [0.15, 0.2) is 5.76 Å². The number of carbonyl (C=O) groups is 1. The van der Waals surface area contributed by atoms with Crippen molar-refractivity contribution in [1.29, 1.82) is 0 Å². The molecule has 0 bridgehead atoms. The van der Waals surface area contributed by atoms with Gasteiger partial charge in [0.25, 0.3) is 5.91 Å². The third-order valence-corrected chi connectivity index (χ3v) is 7.04. The third kappa shape index (κ3) is 5.15. The Bertz CT molecular complexity index is 1620. The second-order valence-corrected chi connectivity index (χ2v) is 9.93. The van der Waals surface area contributed by atoms with Gasteiger partial charge in [0.05, 0.1) is 23.0 Å². The highest BCUT2D eigenvalue weighted by molar-refractivity contribution is 6.32. The Morgan fingerprint density at radius 3 is 2.58 bits per heavy atom. The molecule has 0 aliphatic rings. The van der Waals surface area contributed by atoms with Crippen molar-refractivity contribution in [2.75, 3.05) is 6.61 Å². The summed E-state index contributed by atoms with van der Waals surface area (Å²) in [7, 11) is 0. The predicted molar refractivity (Wildman–Crippen MR) is 152 cm³/mol. The van der Waals surface area contributed by atoms with Gasteiger partial charge in [-0.25, -0.2) is 4.68 Å². The van der Waals surface area contributed by atoms with E-state index in [0.717, 1.165) is 39.7 Å². The first-order chi connectivity index (χ1) is 18.4. The van der Waals surface area contributed by atoms with Crippen LogP contribution >= 0.6 is 23.2 Å². The summed E-state index contributed by atoms with van der Waals surface area (Å²) in [5, 5.41) is 9.80. The van der Waals surface area contributed by atoms with Crippen molar-refractivity contribution in [3.8, 4) is 22.7 Å². The van der Waals surface area contributed by atoms with Crippen molar-refractivity contribution in [3.05, 3.63) is 99.4 Å². The van der Waals surface area contributed by atoms with Crippen LogP contribution in [0.4, 0.5) is 0 Å². The van der Waals surface area contributed by atoms with Crippen molar-refractivity contribution in [2.24, 2.45) is 0 Å². The van der Waals surface area contributed by atoms with Crippen molar-refractivity contribution in [2.45, 2.75) is 33.7 Å². The van der Waals surface area contributed by atoms with Gasteiger partial charge >= 0.3 is 0 Å². The summed E-state index contributed by atoms with van der Waals surface area (Å²) in [6.07, 6.45) is 2.80. The number of ether oxygens (including phenoxy) is 1. The highest BCUT2D eigenvalue weighted by Crippen LogP contribution is 2.33. The number of nitrogens with zero attached hydrogens (tertiary/aromatic N) is 2. The maximum Gasteiger partial charge on any atom is 0.287 e. The fourth-order valence-electron chi connectivity index (χ4n) is 4.29. The van der Waals surface area contributed by atoms with E-state index in [0.29, 0.717) is 33.7 Å². The lowest BCUT2D eigenvalue weighted by atomic mass is 10.1. The summed E-state index contributed by atoms with van der Waals surface area (Å²) in [6.45, 7) is 6.63. The first-order valence-electron chi connectivity index (χ1n) is 12.4. The molecule has 0 aliphatic heterocycles. The minimum atomic E-state index is -0.313. The molecule has 5 aromatic rings. The normalized spacial score (nSPS) is 11.2. The molecule has 0 spiro atoms. The summed E-state index contributed by atoms with van der Waals surface area (Å²) in [4.78, 5) is 13.2. The number of fused-ring (bicyclic) bond motifs is 1. The molecule has 6 nitrogen and oxygen atoms in total. The SMILES string of the molecule is CCCOc1ccc(-c2nn(-c3ccccc3)cc2CNC(=O)c2oc3cc(C)c(Cl)cc3c2C)cc1Cl. The lowest BCUT2D eigenvalue weighted by Gasteiger charge is -2.09. The highest BCUT2D eigenvalue weighted by Gasteiger charge is 2.20. The molecule has 1 amide bonds. The molecule has 0 aliphatic carbocycles. The number of furan rings is 1. The minimum absolute atomic E-state index is 0.239. The van der Waals surface area contributed by atoms with E-state index in [2.05, 4.69) is 5.32 Å². The van der Waals surface area contributed by atoms with E-state index in [1.807, 2.05) is 87.6 Å². The monoisotopic (exact) mass is 547 g/mol. The Hall–Kier alpha value is -3.74. The molecule has 0 fully saturated rings. The van der Waals surface area contributed by atoms with Crippen molar-refractivity contribution < 1.29 is 13.9 Å². The van der Waals surface area contributed by atoms with Gasteiger partial charge in [-0.05, 0) is 68.3 Å². The molecule has 38 heavy (non-hydrogen) atoms. The van der Waals surface area contributed by atoms with E-state index in [-0.39, 0.29) is 18.2 Å². The van der Waals surface area contributed by atoms with Gasteiger partial charge in [-0.15, -0.1) is 0 Å². The van der Waals surface area contributed by atoms with Gasteiger partial charge in [0.2, 0.25) is 0 Å². The van der Waals surface area contributed by atoms with E-state index in [1.54, 1.807) is 4.68 Å². The second kappa shape index (κ2) is 10.9. The summed E-state index contributed by atoms with van der Waals surface area (Å²) in [5.74, 6) is 0.580. The van der Waals surface area contributed by atoms with Crippen molar-refractivity contribution in [1.82, 2.24) is 15.1 Å². The molecule has 0 unspecified atom stereocenters. The average Bonchev–Trinajstić information content (AvgIpc) is 3.49. The minimum Gasteiger partial charge on any atom is -0.492 e. The lowest BCUT2D eigenvalue weighted by molar-refractivity contribution is 0.0924. The van der Waals surface area contributed by atoms with Crippen LogP contribution in [0.15, 0.2) is 71.3 Å². The number of para-hydroxylation sites is 1. The molecule has 2 heterocycles. The largest absolute Gasteiger partial charge is 0.492 e. The smallest absolute Gasteiger partial charge is 0.287 e. The van der Waals surface area contributed by atoms with Crippen LogP contribution in [0.25, 0.3) is 27.9 Å². The van der Waals surface area contributed by atoms with Crippen LogP contribution in [0.5, 0.6) is 5.75 Å². The van der Waals surface area contributed by atoms with Gasteiger partial charge in [-0.2, -0.15) is 5.10 Å². The molecule has 1 N–H and O–H groups in total. The van der Waals surface area contributed by atoms with Crippen LogP contribution in [0.3, 0.4) is 0 Å². The Kier molecular flexibility index (Phi) is 7.45. The van der Waals surface area contributed by atoms with Gasteiger partial charge in [0, 0.05) is 39.8 Å². The highest BCUT2D eigenvalue weighted by atomic mass is 35.5. The number of halogens is 2. The number of carbonyl (C=O) groups excluding carboxylic acids is 1. The first-order valence-corrected chi connectivity index (χ1v) is 13.2. The number of nitrogens with one attached hydrogen (secondary N) is 1. The molecule has 2 aromatic heterocycles. The Labute approximate surface area is 231 Å². The molecule has 194 valence electrons. The number of benzene rings is 3. The van der Waals surface area contributed by atoms with E-state index < -0.39 is 0 Å². The molecule has 0 radical (unpaired) electrons. The fourth-order valence-corrected chi connectivity index (χ4v) is 4.68. The number of aryl methyl sites for hydroxylation is 2. The molecule has 3 aromatic carbocycles. The van der Waals surface area contributed by atoms with E-state index in [4.69, 9.17) is 37.5 Å². The zero-order valence-electron chi connectivity index (χ0n) is 21.3. The van der Waals surface area contributed by atoms with Crippen LogP contribution < -0.4 is 10.1 Å². The van der Waals surface area contributed by atoms with E-state index >= 15 is 0 Å². The van der Waals surface area contributed by atoms with E-state index in [9.17, 15) is 4.79 Å². The number of aromatic nitrogens is 2. The van der Waals surface area contributed by atoms with Crippen LogP contribution in [-0.4, -0.2) is 22.3 Å². The summed E-state index contributed by atoms with van der Waals surface area (Å²) in [6, 6.07) is 19.1. The molecular weight excluding hydrogens is 521 g/mol. The molecule has 0 atom stereocenters. The maximum atomic E-state index is 13.2. The van der Waals surface area contributed by atoms with Crippen LogP contribution in [0, 0.1) is 13.8 Å². The van der Waals surface area contributed by atoms with Crippen LogP contribution in [-0.2, 0) is 6.54 Å². The number of hydrogen-bond acceptors (Lipinski definition) is 4. The Morgan fingerprint density at radius 2 is 1.84 bits per heavy atom. The zero-order valence-corrected chi connectivity index (χ0v) is 22.9. The average molecular weight is 548 g/mol. The molecule has 8 heteroatoms. The predicted octanol–water partition coefficient (Wildman–Crippen LogP) is 7.93. The summed E-state index contributed by atoms with van der Waals surface area (Å²) in [5.41, 5.74) is 5.53. The molecule has 0 saturated carbocycles. The quantitative estimate of drug-likeness (QED) is 0.214. The Morgan fingerprint density at radius 1 is 1.05 bits per heavy atom. The summed E-state index contributed by atoms with van der Waals surface area (Å²) < 4.78 is 13.4. The molecule has 5 rings (SSSR count). The number of rotatable bonds is 8. The lowest BCUT2D eigenvalue weighted by Crippen LogP contribution is -2.23. The third-order valence-electron chi connectivity index (χ3n) is 6.34. The first kappa shape index (κ1) is 25.9. The van der Waals surface area contributed by atoms with Gasteiger partial charge in [0.1, 0.15) is 11.3 Å². The number of amides is 1. The van der Waals surface area contributed by atoms with Gasteiger partial charge < -0.3 is 14.5 Å². The topological polar surface area (TPSA) is 69.3 Å².